The molecule has 2 aliphatic rings. The quantitative estimate of drug-likeness (QED) is 0.895. The fourth-order valence-electron chi connectivity index (χ4n) is 2.64. The molecule has 2 aliphatic carbocycles. The molecule has 0 atom stereocenters. The molecule has 2 aromatic rings. The summed E-state index contributed by atoms with van der Waals surface area (Å²) < 4.78 is 7.71. The lowest BCUT2D eigenvalue weighted by atomic mass is 10.3. The molecule has 0 bridgehead atoms. The van der Waals surface area contributed by atoms with E-state index in [0.717, 1.165) is 23.9 Å². The maximum absolute atomic E-state index is 5.29. The number of fused-ring (bicyclic) bond motifs is 1. The van der Waals surface area contributed by atoms with Gasteiger partial charge in [-0.2, -0.15) is 0 Å². The second kappa shape index (κ2) is 4.23. The van der Waals surface area contributed by atoms with Gasteiger partial charge in [0.25, 0.3) is 0 Å². The van der Waals surface area contributed by atoms with Crippen molar-refractivity contribution in [2.75, 3.05) is 7.11 Å². The molecular formula is C15H19N3O. The van der Waals surface area contributed by atoms with Gasteiger partial charge in [0.1, 0.15) is 11.6 Å². The van der Waals surface area contributed by atoms with E-state index in [1.54, 1.807) is 7.11 Å². The molecule has 0 unspecified atom stereocenters. The lowest BCUT2D eigenvalue weighted by Gasteiger charge is -2.08. The van der Waals surface area contributed by atoms with Gasteiger partial charge in [0.2, 0.25) is 0 Å². The molecule has 0 radical (unpaired) electrons. The lowest BCUT2D eigenvalue weighted by Crippen LogP contribution is -2.18. The van der Waals surface area contributed by atoms with E-state index in [9.17, 15) is 0 Å². The molecule has 0 spiro atoms. The summed E-state index contributed by atoms with van der Waals surface area (Å²) in [5.41, 5.74) is 2.30. The Bertz CT molecular complexity index is 611. The van der Waals surface area contributed by atoms with Crippen LogP contribution in [-0.2, 0) is 6.54 Å². The van der Waals surface area contributed by atoms with Crippen LogP contribution in [0.4, 0.5) is 0 Å². The summed E-state index contributed by atoms with van der Waals surface area (Å²) in [7, 11) is 1.70. The van der Waals surface area contributed by atoms with Crippen LogP contribution in [0.15, 0.2) is 18.2 Å². The van der Waals surface area contributed by atoms with E-state index in [-0.39, 0.29) is 0 Å². The molecule has 0 amide bonds. The molecule has 4 rings (SSSR count). The van der Waals surface area contributed by atoms with Crippen molar-refractivity contribution in [2.45, 2.75) is 44.3 Å². The van der Waals surface area contributed by atoms with Gasteiger partial charge < -0.3 is 14.6 Å². The third-order valence-electron chi connectivity index (χ3n) is 4.01. The smallest absolute Gasteiger partial charge is 0.124 e. The van der Waals surface area contributed by atoms with Crippen LogP contribution in [-0.4, -0.2) is 22.7 Å². The van der Waals surface area contributed by atoms with Crippen LogP contribution in [0.3, 0.4) is 0 Å². The van der Waals surface area contributed by atoms with Crippen LogP contribution in [0.5, 0.6) is 5.75 Å². The van der Waals surface area contributed by atoms with Gasteiger partial charge in [-0.15, -0.1) is 0 Å². The van der Waals surface area contributed by atoms with Gasteiger partial charge in [0.05, 0.1) is 24.7 Å². The van der Waals surface area contributed by atoms with Gasteiger partial charge >= 0.3 is 0 Å². The number of methoxy groups -OCH3 is 1. The Hall–Kier alpha value is -1.55. The molecule has 1 aromatic carbocycles. The number of aromatic nitrogens is 2. The number of hydrogen-bond acceptors (Lipinski definition) is 3. The van der Waals surface area contributed by atoms with Crippen LogP contribution in [0.25, 0.3) is 11.0 Å². The second-order valence-corrected chi connectivity index (χ2v) is 5.64. The molecule has 100 valence electrons. The summed E-state index contributed by atoms with van der Waals surface area (Å²) in [5, 5.41) is 3.57. The first-order valence-corrected chi connectivity index (χ1v) is 7.13. The Morgan fingerprint density at radius 2 is 2.16 bits per heavy atom. The highest BCUT2D eigenvalue weighted by Crippen LogP contribution is 2.39. The van der Waals surface area contributed by atoms with Gasteiger partial charge in [-0.25, -0.2) is 4.98 Å². The first-order chi connectivity index (χ1) is 9.35. The number of benzene rings is 1. The molecular weight excluding hydrogens is 238 g/mol. The zero-order chi connectivity index (χ0) is 12.8. The molecule has 19 heavy (non-hydrogen) atoms. The largest absolute Gasteiger partial charge is 0.497 e. The number of nitrogens with one attached hydrogen (secondary N) is 1. The molecule has 1 N–H and O–H groups in total. The van der Waals surface area contributed by atoms with Crippen LogP contribution >= 0.6 is 0 Å². The molecule has 4 heteroatoms. The van der Waals surface area contributed by atoms with Crippen molar-refractivity contribution < 1.29 is 4.74 Å². The van der Waals surface area contributed by atoms with Crippen molar-refractivity contribution in [2.24, 2.45) is 0 Å². The Balaban J connectivity index is 1.74. The zero-order valence-electron chi connectivity index (χ0n) is 11.2. The third-order valence-corrected chi connectivity index (χ3v) is 4.01. The highest BCUT2D eigenvalue weighted by atomic mass is 16.5. The second-order valence-electron chi connectivity index (χ2n) is 5.64. The SMILES string of the molecule is COc1ccc2c(c1)nc(CNC1CC1)n2C1CC1. The van der Waals surface area contributed by atoms with E-state index in [4.69, 9.17) is 9.72 Å². The topological polar surface area (TPSA) is 39.1 Å². The number of nitrogens with zero attached hydrogens (tertiary/aromatic N) is 2. The van der Waals surface area contributed by atoms with Crippen LogP contribution < -0.4 is 10.1 Å². The van der Waals surface area contributed by atoms with E-state index < -0.39 is 0 Å². The van der Waals surface area contributed by atoms with Gasteiger partial charge in [0, 0.05) is 18.2 Å². The van der Waals surface area contributed by atoms with E-state index in [1.165, 1.54) is 37.0 Å². The molecule has 2 saturated carbocycles. The van der Waals surface area contributed by atoms with Gasteiger partial charge in [-0.1, -0.05) is 0 Å². The standard InChI is InChI=1S/C15H19N3O/c1-19-12-6-7-14-13(8-12)17-15(9-16-10-2-3-10)18(14)11-4-5-11/h6-8,10-11,16H,2-5,9H2,1H3. The normalized spacial score (nSPS) is 19.0. The van der Waals surface area contributed by atoms with Crippen molar-refractivity contribution in [1.29, 1.82) is 0 Å². The van der Waals surface area contributed by atoms with Crippen molar-refractivity contribution in [3.8, 4) is 5.75 Å². The van der Waals surface area contributed by atoms with Crippen molar-refractivity contribution in [3.05, 3.63) is 24.0 Å². The number of imidazole rings is 1. The first-order valence-electron chi connectivity index (χ1n) is 7.13. The van der Waals surface area contributed by atoms with Gasteiger partial charge in [-0.3, -0.25) is 0 Å². The summed E-state index contributed by atoms with van der Waals surface area (Å²) in [4.78, 5) is 4.80. The molecule has 2 fully saturated rings. The minimum absolute atomic E-state index is 0.661. The zero-order valence-corrected chi connectivity index (χ0v) is 11.2. The average molecular weight is 257 g/mol. The Kier molecular flexibility index (Phi) is 2.52. The van der Waals surface area contributed by atoms with E-state index in [0.29, 0.717) is 6.04 Å². The maximum atomic E-state index is 5.29. The predicted octanol–water partition coefficient (Wildman–Crippen LogP) is 2.63. The molecule has 0 saturated heterocycles. The van der Waals surface area contributed by atoms with E-state index in [2.05, 4.69) is 16.0 Å². The average Bonchev–Trinajstić information content (AvgIpc) is 3.33. The Morgan fingerprint density at radius 3 is 2.84 bits per heavy atom. The van der Waals surface area contributed by atoms with E-state index >= 15 is 0 Å². The number of ether oxygens (including phenoxy) is 1. The Morgan fingerprint density at radius 1 is 1.32 bits per heavy atom. The molecule has 0 aliphatic heterocycles. The van der Waals surface area contributed by atoms with Gasteiger partial charge in [-0.05, 0) is 37.8 Å². The summed E-state index contributed by atoms with van der Waals surface area (Å²) >= 11 is 0. The Labute approximate surface area is 112 Å². The van der Waals surface area contributed by atoms with Crippen molar-refractivity contribution in [3.63, 3.8) is 0 Å². The minimum atomic E-state index is 0.661. The summed E-state index contributed by atoms with van der Waals surface area (Å²) in [5.74, 6) is 2.06. The molecule has 1 heterocycles. The van der Waals surface area contributed by atoms with Crippen LogP contribution in [0, 0.1) is 0 Å². The fraction of sp³-hybridized carbons (Fsp3) is 0.533. The number of rotatable bonds is 5. The number of hydrogen-bond donors (Lipinski definition) is 1. The third kappa shape index (κ3) is 2.10. The summed E-state index contributed by atoms with van der Waals surface area (Å²) in [6, 6.07) is 7.59. The first kappa shape index (κ1) is 11.3. The van der Waals surface area contributed by atoms with Crippen LogP contribution in [0.2, 0.25) is 0 Å². The predicted molar refractivity (Wildman–Crippen MR) is 74.4 cm³/mol. The minimum Gasteiger partial charge on any atom is -0.497 e. The summed E-state index contributed by atoms with van der Waals surface area (Å²) in [6.07, 6.45) is 5.21. The highest BCUT2D eigenvalue weighted by molar-refractivity contribution is 5.78. The van der Waals surface area contributed by atoms with Crippen molar-refractivity contribution in [1.82, 2.24) is 14.9 Å². The molecule has 1 aromatic heterocycles. The monoisotopic (exact) mass is 257 g/mol. The maximum Gasteiger partial charge on any atom is 0.124 e. The van der Waals surface area contributed by atoms with Gasteiger partial charge in [0.15, 0.2) is 0 Å². The summed E-state index contributed by atoms with van der Waals surface area (Å²) in [6.45, 7) is 0.887. The fourth-order valence-corrected chi connectivity index (χ4v) is 2.64. The highest BCUT2D eigenvalue weighted by Gasteiger charge is 2.29. The van der Waals surface area contributed by atoms with Crippen LogP contribution in [0.1, 0.15) is 37.5 Å². The van der Waals surface area contributed by atoms with E-state index in [1.807, 2.05) is 12.1 Å². The van der Waals surface area contributed by atoms with Crippen molar-refractivity contribution >= 4 is 11.0 Å². The lowest BCUT2D eigenvalue weighted by molar-refractivity contribution is 0.415. The molecule has 4 nitrogen and oxygen atoms in total.